The average molecular weight is 184 g/mol. The number of likely N-dealkylation sites (tertiary alicyclic amines) is 1. The minimum atomic E-state index is 0.446. The summed E-state index contributed by atoms with van der Waals surface area (Å²) < 4.78 is 0. The Labute approximate surface area is 82.9 Å². The zero-order chi connectivity index (χ0) is 10.1. The Balaban J connectivity index is 2.33. The van der Waals surface area contributed by atoms with Crippen molar-refractivity contribution in [3.8, 4) is 0 Å². The van der Waals surface area contributed by atoms with E-state index in [9.17, 15) is 0 Å². The van der Waals surface area contributed by atoms with Gasteiger partial charge in [-0.25, -0.2) is 0 Å². The molecule has 1 aliphatic heterocycles. The average Bonchev–Trinajstić information content (AvgIpc) is 2.31. The van der Waals surface area contributed by atoms with Crippen LogP contribution in [-0.4, -0.2) is 49.6 Å². The summed E-state index contributed by atoms with van der Waals surface area (Å²) in [5.41, 5.74) is 0.446. The number of hydrogen-bond acceptors (Lipinski definition) is 2. The van der Waals surface area contributed by atoms with Crippen LogP contribution in [0.3, 0.4) is 0 Å². The topological polar surface area (TPSA) is 6.48 Å². The zero-order valence-electron chi connectivity index (χ0n) is 9.80. The molecule has 1 rings (SSSR count). The molecule has 0 aromatic heterocycles. The Hall–Kier alpha value is -0.0800. The van der Waals surface area contributed by atoms with Gasteiger partial charge in [0.15, 0.2) is 0 Å². The number of nitrogens with zero attached hydrogens (tertiary/aromatic N) is 2. The highest BCUT2D eigenvalue weighted by Crippen LogP contribution is 2.20. The van der Waals surface area contributed by atoms with Crippen LogP contribution in [0.15, 0.2) is 0 Å². The van der Waals surface area contributed by atoms with Crippen molar-refractivity contribution in [3.05, 3.63) is 0 Å². The summed E-state index contributed by atoms with van der Waals surface area (Å²) >= 11 is 0. The molecule has 0 amide bonds. The lowest BCUT2D eigenvalue weighted by molar-refractivity contribution is 0.208. The summed E-state index contributed by atoms with van der Waals surface area (Å²) in [6, 6.07) is 0.780. The van der Waals surface area contributed by atoms with Gasteiger partial charge in [-0.2, -0.15) is 0 Å². The molecular formula is C11H24N2. The van der Waals surface area contributed by atoms with Gasteiger partial charge >= 0.3 is 0 Å². The van der Waals surface area contributed by atoms with Crippen LogP contribution in [0.1, 0.15) is 27.2 Å². The maximum Gasteiger partial charge on any atom is 0.0229 e. The van der Waals surface area contributed by atoms with E-state index in [0.717, 1.165) is 6.04 Å². The third-order valence-corrected chi connectivity index (χ3v) is 2.68. The molecule has 2 heteroatoms. The van der Waals surface area contributed by atoms with Gasteiger partial charge in [0.05, 0.1) is 0 Å². The molecule has 78 valence electrons. The van der Waals surface area contributed by atoms with Crippen molar-refractivity contribution < 1.29 is 0 Å². The lowest BCUT2D eigenvalue weighted by atomic mass is 9.96. The summed E-state index contributed by atoms with van der Waals surface area (Å²) in [6.07, 6.45) is 1.34. The summed E-state index contributed by atoms with van der Waals surface area (Å²) in [6.45, 7) is 10.7. The minimum Gasteiger partial charge on any atom is -0.305 e. The van der Waals surface area contributed by atoms with Crippen LogP contribution >= 0.6 is 0 Å². The van der Waals surface area contributed by atoms with Crippen molar-refractivity contribution in [3.63, 3.8) is 0 Å². The molecule has 13 heavy (non-hydrogen) atoms. The predicted molar refractivity (Wildman–Crippen MR) is 58.0 cm³/mol. The van der Waals surface area contributed by atoms with Crippen LogP contribution < -0.4 is 0 Å². The standard InChI is InChI=1S/C11H24N2/c1-11(2,3)9-13-7-6-10(8-13)12(4)5/h10H,6-9H2,1-5H3/t10-/m0/s1. The highest BCUT2D eigenvalue weighted by atomic mass is 15.2. The molecule has 0 saturated carbocycles. The van der Waals surface area contributed by atoms with Gasteiger partial charge in [-0.1, -0.05) is 20.8 Å². The molecule has 0 aromatic rings. The Kier molecular flexibility index (Phi) is 3.36. The van der Waals surface area contributed by atoms with Gasteiger partial charge in [-0.15, -0.1) is 0 Å². The van der Waals surface area contributed by atoms with Crippen LogP contribution in [0.25, 0.3) is 0 Å². The van der Waals surface area contributed by atoms with Crippen molar-refractivity contribution in [1.29, 1.82) is 0 Å². The SMILES string of the molecule is CN(C)[C@H]1CCN(CC(C)(C)C)C1. The van der Waals surface area contributed by atoms with Crippen LogP contribution in [-0.2, 0) is 0 Å². The molecule has 1 saturated heterocycles. The minimum absolute atomic E-state index is 0.446. The molecule has 1 aliphatic rings. The first kappa shape index (κ1) is 11.0. The van der Waals surface area contributed by atoms with Gasteiger partial charge in [0, 0.05) is 19.1 Å². The van der Waals surface area contributed by atoms with Crippen LogP contribution in [0.2, 0.25) is 0 Å². The van der Waals surface area contributed by atoms with E-state index in [1.807, 2.05) is 0 Å². The molecule has 1 heterocycles. The smallest absolute Gasteiger partial charge is 0.0229 e. The van der Waals surface area contributed by atoms with Gasteiger partial charge in [0.2, 0.25) is 0 Å². The molecule has 1 fully saturated rings. The maximum absolute atomic E-state index is 2.59. The van der Waals surface area contributed by atoms with Crippen molar-refractivity contribution in [2.75, 3.05) is 33.7 Å². The summed E-state index contributed by atoms with van der Waals surface area (Å²) in [7, 11) is 4.37. The largest absolute Gasteiger partial charge is 0.305 e. The summed E-state index contributed by atoms with van der Waals surface area (Å²) in [5.74, 6) is 0. The molecule has 2 nitrogen and oxygen atoms in total. The number of hydrogen-bond donors (Lipinski definition) is 0. The van der Waals surface area contributed by atoms with Crippen molar-refractivity contribution in [1.82, 2.24) is 9.80 Å². The summed E-state index contributed by atoms with van der Waals surface area (Å²) in [4.78, 5) is 4.94. The van der Waals surface area contributed by atoms with E-state index < -0.39 is 0 Å². The Bertz CT molecular complexity index is 158. The Morgan fingerprint density at radius 1 is 1.31 bits per heavy atom. The van der Waals surface area contributed by atoms with Crippen molar-refractivity contribution in [2.45, 2.75) is 33.2 Å². The third kappa shape index (κ3) is 3.65. The van der Waals surface area contributed by atoms with Crippen molar-refractivity contribution >= 4 is 0 Å². The van der Waals surface area contributed by atoms with Gasteiger partial charge in [-0.05, 0) is 32.5 Å². The lowest BCUT2D eigenvalue weighted by Gasteiger charge is -2.27. The van der Waals surface area contributed by atoms with E-state index in [4.69, 9.17) is 0 Å². The van der Waals surface area contributed by atoms with Crippen molar-refractivity contribution in [2.24, 2.45) is 5.41 Å². The fourth-order valence-corrected chi connectivity index (χ4v) is 2.05. The second-order valence-corrected chi connectivity index (χ2v) is 5.70. The normalized spacial score (nSPS) is 25.8. The predicted octanol–water partition coefficient (Wildman–Crippen LogP) is 1.67. The second-order valence-electron chi connectivity index (χ2n) is 5.70. The van der Waals surface area contributed by atoms with E-state index in [1.165, 1.54) is 26.1 Å². The van der Waals surface area contributed by atoms with E-state index in [2.05, 4.69) is 44.7 Å². The molecule has 0 N–H and O–H groups in total. The van der Waals surface area contributed by atoms with Crippen LogP contribution in [0.4, 0.5) is 0 Å². The van der Waals surface area contributed by atoms with Crippen LogP contribution in [0.5, 0.6) is 0 Å². The Morgan fingerprint density at radius 3 is 2.31 bits per heavy atom. The fraction of sp³-hybridized carbons (Fsp3) is 1.00. The fourth-order valence-electron chi connectivity index (χ4n) is 2.05. The molecule has 0 aliphatic carbocycles. The molecule has 0 spiro atoms. The molecule has 0 bridgehead atoms. The first-order chi connectivity index (χ1) is 5.88. The van der Waals surface area contributed by atoms with E-state index in [0.29, 0.717) is 5.41 Å². The van der Waals surface area contributed by atoms with Gasteiger partial charge in [-0.3, -0.25) is 0 Å². The first-order valence-corrected chi connectivity index (χ1v) is 5.27. The quantitative estimate of drug-likeness (QED) is 0.644. The van der Waals surface area contributed by atoms with Crippen LogP contribution in [0, 0.1) is 5.41 Å². The third-order valence-electron chi connectivity index (χ3n) is 2.68. The van der Waals surface area contributed by atoms with E-state index in [1.54, 1.807) is 0 Å². The maximum atomic E-state index is 2.59. The Morgan fingerprint density at radius 2 is 1.92 bits per heavy atom. The highest BCUT2D eigenvalue weighted by molar-refractivity contribution is 4.82. The molecule has 0 unspecified atom stereocenters. The first-order valence-electron chi connectivity index (χ1n) is 5.27. The number of likely N-dealkylation sites (N-methyl/N-ethyl adjacent to an activating group) is 1. The molecular weight excluding hydrogens is 160 g/mol. The van der Waals surface area contributed by atoms with E-state index in [-0.39, 0.29) is 0 Å². The van der Waals surface area contributed by atoms with Gasteiger partial charge < -0.3 is 9.80 Å². The highest BCUT2D eigenvalue weighted by Gasteiger charge is 2.26. The molecule has 0 radical (unpaired) electrons. The monoisotopic (exact) mass is 184 g/mol. The molecule has 1 atom stereocenters. The number of rotatable bonds is 2. The second kappa shape index (κ2) is 3.97. The van der Waals surface area contributed by atoms with Gasteiger partial charge in [0.1, 0.15) is 0 Å². The molecule has 0 aromatic carbocycles. The zero-order valence-corrected chi connectivity index (χ0v) is 9.80. The lowest BCUT2D eigenvalue weighted by Crippen LogP contribution is -2.35. The van der Waals surface area contributed by atoms with Gasteiger partial charge in [0.25, 0.3) is 0 Å². The van der Waals surface area contributed by atoms with E-state index >= 15 is 0 Å². The summed E-state index contributed by atoms with van der Waals surface area (Å²) in [5, 5.41) is 0.